The molecule has 3 atom stereocenters. The van der Waals surface area contributed by atoms with Gasteiger partial charge in [-0.2, -0.15) is 0 Å². The van der Waals surface area contributed by atoms with Crippen LogP contribution in [0.1, 0.15) is 40.0 Å². The Balaban J connectivity index is 2.05. The van der Waals surface area contributed by atoms with Crippen LogP contribution in [-0.2, 0) is 0 Å². The highest BCUT2D eigenvalue weighted by molar-refractivity contribution is 5.17. The minimum absolute atomic E-state index is 0.376. The third-order valence-electron chi connectivity index (χ3n) is 3.90. The molecule has 0 spiro atoms. The Labute approximate surface area is 104 Å². The summed E-state index contributed by atoms with van der Waals surface area (Å²) < 4.78 is 6.16. The van der Waals surface area contributed by atoms with Gasteiger partial charge in [-0.1, -0.05) is 27.2 Å². The molecule has 94 valence electrons. The molecule has 17 heavy (non-hydrogen) atoms. The van der Waals surface area contributed by atoms with E-state index in [0.29, 0.717) is 17.9 Å². The van der Waals surface area contributed by atoms with Gasteiger partial charge in [0.05, 0.1) is 0 Å². The van der Waals surface area contributed by atoms with Crippen LogP contribution in [0.25, 0.3) is 0 Å². The Morgan fingerprint density at radius 2 is 1.94 bits per heavy atom. The van der Waals surface area contributed by atoms with E-state index in [4.69, 9.17) is 4.74 Å². The fourth-order valence-electron chi connectivity index (χ4n) is 2.84. The van der Waals surface area contributed by atoms with Crippen LogP contribution in [0.5, 0.6) is 5.75 Å². The van der Waals surface area contributed by atoms with Crippen LogP contribution in [-0.4, -0.2) is 11.1 Å². The SMILES string of the molecule is CC(C)[C@@H]1CC[C@@H](C)C[C@H]1Oc1ccncc1. The van der Waals surface area contributed by atoms with Gasteiger partial charge in [-0.3, -0.25) is 4.98 Å². The lowest BCUT2D eigenvalue weighted by molar-refractivity contribution is 0.0459. The Bertz CT molecular complexity index is 336. The van der Waals surface area contributed by atoms with Crippen LogP contribution < -0.4 is 4.74 Å². The van der Waals surface area contributed by atoms with E-state index < -0.39 is 0 Å². The van der Waals surface area contributed by atoms with Crippen molar-refractivity contribution in [1.29, 1.82) is 0 Å². The zero-order valence-corrected chi connectivity index (χ0v) is 11.1. The first-order valence-electron chi connectivity index (χ1n) is 6.73. The molecule has 1 heterocycles. The molecule has 0 unspecified atom stereocenters. The monoisotopic (exact) mass is 233 g/mol. The maximum atomic E-state index is 6.16. The third-order valence-corrected chi connectivity index (χ3v) is 3.90. The fourth-order valence-corrected chi connectivity index (χ4v) is 2.84. The van der Waals surface area contributed by atoms with Crippen LogP contribution in [0.4, 0.5) is 0 Å². The predicted octanol–water partition coefficient (Wildman–Crippen LogP) is 3.92. The van der Waals surface area contributed by atoms with Gasteiger partial charge in [0, 0.05) is 12.4 Å². The third kappa shape index (κ3) is 3.21. The van der Waals surface area contributed by atoms with Gasteiger partial charge in [-0.25, -0.2) is 0 Å². The normalized spacial score (nSPS) is 29.3. The lowest BCUT2D eigenvalue weighted by Crippen LogP contribution is -2.36. The molecule has 1 aromatic rings. The number of aromatic nitrogens is 1. The van der Waals surface area contributed by atoms with E-state index in [9.17, 15) is 0 Å². The Morgan fingerprint density at radius 1 is 1.24 bits per heavy atom. The van der Waals surface area contributed by atoms with Crippen molar-refractivity contribution in [2.75, 3.05) is 0 Å². The average molecular weight is 233 g/mol. The van der Waals surface area contributed by atoms with E-state index in [1.165, 1.54) is 19.3 Å². The molecule has 0 aliphatic heterocycles. The van der Waals surface area contributed by atoms with Crippen LogP contribution in [0, 0.1) is 17.8 Å². The molecule has 1 aliphatic rings. The number of nitrogens with zero attached hydrogens (tertiary/aromatic N) is 1. The summed E-state index contributed by atoms with van der Waals surface area (Å²) in [6, 6.07) is 3.91. The zero-order valence-electron chi connectivity index (χ0n) is 11.1. The average Bonchev–Trinajstić information content (AvgIpc) is 2.30. The molecule has 0 aromatic carbocycles. The van der Waals surface area contributed by atoms with Gasteiger partial charge in [-0.15, -0.1) is 0 Å². The van der Waals surface area contributed by atoms with E-state index in [-0.39, 0.29) is 0 Å². The van der Waals surface area contributed by atoms with Crippen LogP contribution in [0.3, 0.4) is 0 Å². The summed E-state index contributed by atoms with van der Waals surface area (Å²) in [5, 5.41) is 0. The van der Waals surface area contributed by atoms with Crippen molar-refractivity contribution >= 4 is 0 Å². The molecule has 2 nitrogen and oxygen atoms in total. The van der Waals surface area contributed by atoms with Crippen molar-refractivity contribution in [2.24, 2.45) is 17.8 Å². The second-order valence-electron chi connectivity index (χ2n) is 5.67. The molecule has 2 heteroatoms. The summed E-state index contributed by atoms with van der Waals surface area (Å²) in [5.41, 5.74) is 0. The lowest BCUT2D eigenvalue weighted by Gasteiger charge is -2.37. The van der Waals surface area contributed by atoms with Gasteiger partial charge in [-0.05, 0) is 42.7 Å². The summed E-state index contributed by atoms with van der Waals surface area (Å²) in [7, 11) is 0. The molecule has 0 amide bonds. The first-order valence-corrected chi connectivity index (χ1v) is 6.73. The number of hydrogen-bond donors (Lipinski definition) is 0. The van der Waals surface area contributed by atoms with Gasteiger partial charge in [0.25, 0.3) is 0 Å². The van der Waals surface area contributed by atoms with E-state index in [2.05, 4.69) is 25.8 Å². The van der Waals surface area contributed by atoms with Crippen molar-refractivity contribution in [3.05, 3.63) is 24.5 Å². The number of pyridine rings is 1. The molecule has 1 fully saturated rings. The molecule has 0 bridgehead atoms. The Hall–Kier alpha value is -1.05. The minimum atomic E-state index is 0.376. The highest BCUT2D eigenvalue weighted by Gasteiger charge is 2.32. The molecule has 0 saturated heterocycles. The van der Waals surface area contributed by atoms with Gasteiger partial charge < -0.3 is 4.74 Å². The fraction of sp³-hybridized carbons (Fsp3) is 0.667. The van der Waals surface area contributed by atoms with Crippen molar-refractivity contribution in [2.45, 2.75) is 46.1 Å². The molecule has 1 aliphatic carbocycles. The number of rotatable bonds is 3. The summed E-state index contributed by atoms with van der Waals surface area (Å²) in [6.07, 6.45) is 7.80. The number of hydrogen-bond acceptors (Lipinski definition) is 2. The van der Waals surface area contributed by atoms with Crippen molar-refractivity contribution in [3.8, 4) is 5.75 Å². The Kier molecular flexibility index (Phi) is 4.03. The van der Waals surface area contributed by atoms with Crippen molar-refractivity contribution in [1.82, 2.24) is 4.98 Å². The lowest BCUT2D eigenvalue weighted by atomic mass is 9.75. The van der Waals surface area contributed by atoms with Crippen LogP contribution >= 0.6 is 0 Å². The van der Waals surface area contributed by atoms with Gasteiger partial charge in [0.2, 0.25) is 0 Å². The van der Waals surface area contributed by atoms with E-state index in [1.807, 2.05) is 12.1 Å². The maximum Gasteiger partial charge on any atom is 0.122 e. The van der Waals surface area contributed by atoms with Gasteiger partial charge >= 0.3 is 0 Å². The van der Waals surface area contributed by atoms with E-state index in [1.54, 1.807) is 12.4 Å². The molecule has 2 rings (SSSR count). The summed E-state index contributed by atoms with van der Waals surface area (Å²) >= 11 is 0. The molecule has 0 radical (unpaired) electrons. The predicted molar refractivity (Wildman–Crippen MR) is 70.0 cm³/mol. The Morgan fingerprint density at radius 3 is 2.59 bits per heavy atom. The smallest absolute Gasteiger partial charge is 0.122 e. The minimum Gasteiger partial charge on any atom is -0.490 e. The highest BCUT2D eigenvalue weighted by Crippen LogP contribution is 2.35. The summed E-state index contributed by atoms with van der Waals surface area (Å²) in [5.74, 6) is 3.15. The number of ether oxygens (including phenoxy) is 1. The quantitative estimate of drug-likeness (QED) is 0.789. The molecule has 0 N–H and O–H groups in total. The van der Waals surface area contributed by atoms with E-state index in [0.717, 1.165) is 11.7 Å². The summed E-state index contributed by atoms with van der Waals surface area (Å²) in [6.45, 7) is 6.95. The van der Waals surface area contributed by atoms with Gasteiger partial charge in [0.1, 0.15) is 11.9 Å². The first kappa shape index (κ1) is 12.4. The second kappa shape index (κ2) is 5.52. The van der Waals surface area contributed by atoms with Crippen LogP contribution in [0.2, 0.25) is 0 Å². The maximum absolute atomic E-state index is 6.16. The molecule has 1 saturated carbocycles. The second-order valence-corrected chi connectivity index (χ2v) is 5.67. The van der Waals surface area contributed by atoms with Gasteiger partial charge in [0.15, 0.2) is 0 Å². The topological polar surface area (TPSA) is 22.1 Å². The van der Waals surface area contributed by atoms with Crippen LogP contribution in [0.15, 0.2) is 24.5 Å². The highest BCUT2D eigenvalue weighted by atomic mass is 16.5. The molecular formula is C15H23NO. The standard InChI is InChI=1S/C15H23NO/c1-11(2)14-5-4-12(3)10-15(14)17-13-6-8-16-9-7-13/h6-9,11-12,14-15H,4-5,10H2,1-3H3/t12-,14+,15-/m1/s1. The largest absolute Gasteiger partial charge is 0.490 e. The van der Waals surface area contributed by atoms with E-state index >= 15 is 0 Å². The van der Waals surface area contributed by atoms with Crippen molar-refractivity contribution in [3.63, 3.8) is 0 Å². The molecular weight excluding hydrogens is 210 g/mol. The van der Waals surface area contributed by atoms with Crippen molar-refractivity contribution < 1.29 is 4.74 Å². The summed E-state index contributed by atoms with van der Waals surface area (Å²) in [4.78, 5) is 4.03. The first-order chi connectivity index (χ1) is 8.16. The molecule has 1 aromatic heterocycles. The zero-order chi connectivity index (χ0) is 12.3.